The lowest BCUT2D eigenvalue weighted by atomic mass is 9.89. The number of aldehydes is 1. The largest absolute Gasteiger partial charge is 0.493 e. The molecule has 2 aromatic rings. The van der Waals surface area contributed by atoms with Crippen LogP contribution in [0.2, 0.25) is 0 Å². The second-order valence-corrected chi connectivity index (χ2v) is 5.24. The van der Waals surface area contributed by atoms with Crippen molar-refractivity contribution in [2.45, 2.75) is 25.3 Å². The van der Waals surface area contributed by atoms with E-state index in [-0.39, 0.29) is 5.92 Å². The fourth-order valence-electron chi connectivity index (χ4n) is 3.17. The summed E-state index contributed by atoms with van der Waals surface area (Å²) in [7, 11) is 3.28. The molecule has 0 fully saturated rings. The quantitative estimate of drug-likeness (QED) is 0.811. The normalized spacial score (nSPS) is 16.6. The molecule has 21 heavy (non-hydrogen) atoms. The van der Waals surface area contributed by atoms with Gasteiger partial charge in [0.2, 0.25) is 0 Å². The average Bonchev–Trinajstić information content (AvgIpc) is 2.93. The van der Waals surface area contributed by atoms with Gasteiger partial charge in [-0.25, -0.2) is 0 Å². The summed E-state index contributed by atoms with van der Waals surface area (Å²) in [6, 6.07) is 8.20. The summed E-state index contributed by atoms with van der Waals surface area (Å²) >= 11 is 0. The number of aromatic nitrogens is 1. The predicted molar refractivity (Wildman–Crippen MR) is 80.2 cm³/mol. The number of carbonyl (C=O) groups excluding carboxylic acids is 1. The minimum Gasteiger partial charge on any atom is -0.493 e. The zero-order valence-corrected chi connectivity index (χ0v) is 12.3. The summed E-state index contributed by atoms with van der Waals surface area (Å²) in [6.07, 6.45) is 4.47. The van der Waals surface area contributed by atoms with Gasteiger partial charge in [0.25, 0.3) is 0 Å². The van der Waals surface area contributed by atoms with Crippen molar-refractivity contribution in [2.75, 3.05) is 14.2 Å². The molecule has 1 aromatic carbocycles. The second kappa shape index (κ2) is 5.64. The highest BCUT2D eigenvalue weighted by atomic mass is 16.5. The molecule has 3 rings (SSSR count). The van der Waals surface area contributed by atoms with E-state index in [1.54, 1.807) is 14.2 Å². The first-order valence-electron chi connectivity index (χ1n) is 7.12. The summed E-state index contributed by atoms with van der Waals surface area (Å²) in [4.78, 5) is 11.1. The number of fused-ring (bicyclic) bond motifs is 2. The summed E-state index contributed by atoms with van der Waals surface area (Å²) < 4.78 is 13.0. The molecule has 110 valence electrons. The molecule has 1 atom stereocenters. The molecule has 1 unspecified atom stereocenters. The molecule has 0 radical (unpaired) electrons. The van der Waals surface area contributed by atoms with Gasteiger partial charge in [0.05, 0.1) is 14.2 Å². The number of aryl methyl sites for hydroxylation is 2. The Hall–Kier alpha value is -2.23. The monoisotopic (exact) mass is 285 g/mol. The maximum atomic E-state index is 11.1. The Balaban J connectivity index is 2.17. The van der Waals surface area contributed by atoms with Crippen LogP contribution in [0.4, 0.5) is 0 Å². The zero-order valence-electron chi connectivity index (χ0n) is 12.3. The SMILES string of the molecule is COc1cc2c(cc1OC)C(CC=O)c1cccn1CC2. The van der Waals surface area contributed by atoms with Crippen LogP contribution in [-0.4, -0.2) is 25.1 Å². The van der Waals surface area contributed by atoms with Crippen LogP contribution >= 0.6 is 0 Å². The van der Waals surface area contributed by atoms with Crippen molar-refractivity contribution in [2.24, 2.45) is 0 Å². The summed E-state index contributed by atoms with van der Waals surface area (Å²) in [6.45, 7) is 0.917. The van der Waals surface area contributed by atoms with E-state index in [0.717, 1.165) is 30.6 Å². The molecule has 0 saturated heterocycles. The highest BCUT2D eigenvalue weighted by Crippen LogP contribution is 2.39. The molecule has 0 N–H and O–H groups in total. The van der Waals surface area contributed by atoms with E-state index in [1.807, 2.05) is 18.2 Å². The van der Waals surface area contributed by atoms with Crippen LogP contribution in [0.1, 0.15) is 29.2 Å². The van der Waals surface area contributed by atoms with E-state index < -0.39 is 0 Å². The number of nitrogens with zero attached hydrogens (tertiary/aromatic N) is 1. The van der Waals surface area contributed by atoms with E-state index >= 15 is 0 Å². The third kappa shape index (κ3) is 2.31. The molecule has 0 bridgehead atoms. The molecule has 0 aliphatic carbocycles. The van der Waals surface area contributed by atoms with Gasteiger partial charge in [-0.2, -0.15) is 0 Å². The van der Waals surface area contributed by atoms with E-state index in [1.165, 1.54) is 11.3 Å². The number of rotatable bonds is 4. The van der Waals surface area contributed by atoms with Gasteiger partial charge in [0.15, 0.2) is 11.5 Å². The lowest BCUT2D eigenvalue weighted by Gasteiger charge is -2.19. The Morgan fingerprint density at radius 2 is 2.05 bits per heavy atom. The topological polar surface area (TPSA) is 40.5 Å². The van der Waals surface area contributed by atoms with Gasteiger partial charge in [0, 0.05) is 30.8 Å². The maximum absolute atomic E-state index is 11.1. The van der Waals surface area contributed by atoms with E-state index in [9.17, 15) is 4.79 Å². The van der Waals surface area contributed by atoms with Crippen LogP contribution in [-0.2, 0) is 17.8 Å². The molecular weight excluding hydrogens is 266 g/mol. The highest BCUT2D eigenvalue weighted by molar-refractivity contribution is 5.57. The van der Waals surface area contributed by atoms with Gasteiger partial charge in [-0.15, -0.1) is 0 Å². The predicted octanol–water partition coefficient (Wildman–Crippen LogP) is 2.78. The smallest absolute Gasteiger partial charge is 0.161 e. The van der Waals surface area contributed by atoms with Gasteiger partial charge in [-0.3, -0.25) is 0 Å². The van der Waals surface area contributed by atoms with Crippen LogP contribution in [0, 0.1) is 0 Å². The van der Waals surface area contributed by atoms with Crippen molar-refractivity contribution in [3.05, 3.63) is 47.3 Å². The summed E-state index contributed by atoms with van der Waals surface area (Å²) in [5.74, 6) is 1.54. The minimum absolute atomic E-state index is 0.0785. The number of hydrogen-bond donors (Lipinski definition) is 0. The molecule has 4 nitrogen and oxygen atoms in total. The van der Waals surface area contributed by atoms with Crippen LogP contribution in [0.15, 0.2) is 30.5 Å². The Morgan fingerprint density at radius 1 is 1.29 bits per heavy atom. The zero-order chi connectivity index (χ0) is 14.8. The van der Waals surface area contributed by atoms with Crippen molar-refractivity contribution in [3.8, 4) is 11.5 Å². The molecule has 1 aliphatic rings. The fraction of sp³-hybridized carbons (Fsp3) is 0.353. The molecule has 0 saturated carbocycles. The molecular formula is C17H19NO3. The Morgan fingerprint density at radius 3 is 2.76 bits per heavy atom. The summed E-state index contributed by atoms with van der Waals surface area (Å²) in [5.41, 5.74) is 3.58. The number of methoxy groups -OCH3 is 2. The number of benzene rings is 1. The lowest BCUT2D eigenvalue weighted by molar-refractivity contribution is -0.108. The maximum Gasteiger partial charge on any atom is 0.161 e. The molecule has 2 heterocycles. The molecule has 0 amide bonds. The van der Waals surface area contributed by atoms with Crippen LogP contribution in [0.3, 0.4) is 0 Å². The third-order valence-corrected chi connectivity index (χ3v) is 4.20. The Bertz CT molecular complexity index is 660. The molecule has 1 aliphatic heterocycles. The number of carbonyl (C=O) groups is 1. The first-order valence-corrected chi connectivity index (χ1v) is 7.12. The van der Waals surface area contributed by atoms with Crippen molar-refractivity contribution in [1.82, 2.24) is 4.57 Å². The molecule has 1 aromatic heterocycles. The average molecular weight is 285 g/mol. The van der Waals surface area contributed by atoms with E-state index in [2.05, 4.69) is 16.8 Å². The first kappa shape index (κ1) is 13.7. The van der Waals surface area contributed by atoms with Gasteiger partial charge in [0.1, 0.15) is 6.29 Å². The van der Waals surface area contributed by atoms with Crippen LogP contribution < -0.4 is 9.47 Å². The number of hydrogen-bond acceptors (Lipinski definition) is 3. The van der Waals surface area contributed by atoms with Gasteiger partial charge >= 0.3 is 0 Å². The van der Waals surface area contributed by atoms with E-state index in [4.69, 9.17) is 9.47 Å². The Labute approximate surface area is 124 Å². The van der Waals surface area contributed by atoms with Gasteiger partial charge < -0.3 is 18.8 Å². The minimum atomic E-state index is 0.0785. The van der Waals surface area contributed by atoms with Crippen LogP contribution in [0.25, 0.3) is 0 Å². The van der Waals surface area contributed by atoms with Gasteiger partial charge in [-0.05, 0) is 41.8 Å². The van der Waals surface area contributed by atoms with Crippen molar-refractivity contribution in [1.29, 1.82) is 0 Å². The van der Waals surface area contributed by atoms with Crippen molar-refractivity contribution >= 4 is 6.29 Å². The summed E-state index contributed by atoms with van der Waals surface area (Å²) in [5, 5.41) is 0. The van der Waals surface area contributed by atoms with Crippen molar-refractivity contribution < 1.29 is 14.3 Å². The Kier molecular flexibility index (Phi) is 3.69. The second-order valence-electron chi connectivity index (χ2n) is 5.24. The standard InChI is InChI=1S/C17H19NO3/c1-20-16-10-12-5-8-18-7-3-4-15(18)13(6-9-19)14(12)11-17(16)21-2/h3-4,7,9-11,13H,5-6,8H2,1-2H3. The van der Waals surface area contributed by atoms with E-state index in [0.29, 0.717) is 12.2 Å². The van der Waals surface area contributed by atoms with Crippen molar-refractivity contribution in [3.63, 3.8) is 0 Å². The van der Waals surface area contributed by atoms with Gasteiger partial charge in [-0.1, -0.05) is 0 Å². The highest BCUT2D eigenvalue weighted by Gasteiger charge is 2.25. The fourth-order valence-corrected chi connectivity index (χ4v) is 3.17. The van der Waals surface area contributed by atoms with Crippen LogP contribution in [0.5, 0.6) is 11.5 Å². The molecule has 4 heteroatoms. The first-order chi connectivity index (χ1) is 10.3. The lowest BCUT2D eigenvalue weighted by Crippen LogP contribution is -2.07. The number of ether oxygens (including phenoxy) is 2. The molecule has 0 spiro atoms. The third-order valence-electron chi connectivity index (χ3n) is 4.20.